The normalized spacial score (nSPS) is 13.0. The zero-order chi connectivity index (χ0) is 15.5. The first-order valence-corrected chi connectivity index (χ1v) is 7.22. The zero-order valence-electron chi connectivity index (χ0n) is 10.6. The lowest BCUT2D eigenvalue weighted by Gasteiger charge is -2.13. The maximum atomic E-state index is 12.1. The van der Waals surface area contributed by atoms with Gasteiger partial charge < -0.3 is 4.74 Å². The molecule has 0 spiro atoms. The smallest absolute Gasteiger partial charge is 0.406 e. The molecule has 0 bridgehead atoms. The van der Waals surface area contributed by atoms with Crippen LogP contribution in [0, 0.1) is 0 Å². The largest absolute Gasteiger partial charge is 0.573 e. The van der Waals surface area contributed by atoms with E-state index in [-0.39, 0.29) is 10.6 Å². The maximum absolute atomic E-state index is 12.1. The second-order valence-electron chi connectivity index (χ2n) is 4.26. The summed E-state index contributed by atoms with van der Waals surface area (Å²) in [6, 6.07) is 7.53. The van der Waals surface area contributed by atoms with Crippen molar-refractivity contribution in [3.05, 3.63) is 58.9 Å². The van der Waals surface area contributed by atoms with Crippen LogP contribution in [0.3, 0.4) is 0 Å². The molecule has 0 N–H and O–H groups in total. The number of aromatic nitrogens is 1. The first kappa shape index (κ1) is 16.1. The molecule has 0 saturated carbocycles. The molecule has 0 radical (unpaired) electrons. The van der Waals surface area contributed by atoms with Gasteiger partial charge in [0.15, 0.2) is 0 Å². The van der Waals surface area contributed by atoms with Gasteiger partial charge in [-0.3, -0.25) is 4.98 Å². The summed E-state index contributed by atoms with van der Waals surface area (Å²) >= 11 is 9.53. The van der Waals surface area contributed by atoms with Gasteiger partial charge in [0.05, 0.1) is 5.02 Å². The van der Waals surface area contributed by atoms with Crippen molar-refractivity contribution < 1.29 is 17.9 Å². The summed E-state index contributed by atoms with van der Waals surface area (Å²) < 4.78 is 40.1. The SMILES string of the molecule is FC(F)(F)Oc1ccc(C(Br)Cc2ccncc2Cl)cc1. The van der Waals surface area contributed by atoms with E-state index in [0.29, 0.717) is 11.4 Å². The molecular formula is C14H10BrClF3NO. The average molecular weight is 381 g/mol. The molecule has 2 rings (SSSR count). The molecule has 0 fully saturated rings. The summed E-state index contributed by atoms with van der Waals surface area (Å²) in [7, 11) is 0. The van der Waals surface area contributed by atoms with Gasteiger partial charge in [-0.15, -0.1) is 13.2 Å². The molecule has 1 aromatic carbocycles. The van der Waals surface area contributed by atoms with E-state index in [1.807, 2.05) is 0 Å². The highest BCUT2D eigenvalue weighted by Crippen LogP contribution is 2.31. The van der Waals surface area contributed by atoms with Crippen LogP contribution >= 0.6 is 27.5 Å². The van der Waals surface area contributed by atoms with Gasteiger partial charge in [-0.2, -0.15) is 0 Å². The van der Waals surface area contributed by atoms with Gasteiger partial charge in [-0.05, 0) is 35.7 Å². The molecule has 1 unspecified atom stereocenters. The first-order valence-electron chi connectivity index (χ1n) is 5.93. The molecule has 21 heavy (non-hydrogen) atoms. The number of nitrogens with zero attached hydrogens (tertiary/aromatic N) is 1. The number of benzene rings is 1. The van der Waals surface area contributed by atoms with Crippen LogP contribution in [-0.2, 0) is 6.42 Å². The van der Waals surface area contributed by atoms with Crippen molar-refractivity contribution in [3.8, 4) is 5.75 Å². The second kappa shape index (κ2) is 6.66. The van der Waals surface area contributed by atoms with Crippen molar-refractivity contribution in [1.29, 1.82) is 0 Å². The van der Waals surface area contributed by atoms with Crippen LogP contribution in [0.4, 0.5) is 13.2 Å². The van der Waals surface area contributed by atoms with Gasteiger partial charge in [0.2, 0.25) is 0 Å². The van der Waals surface area contributed by atoms with E-state index >= 15 is 0 Å². The van der Waals surface area contributed by atoms with E-state index in [2.05, 4.69) is 25.7 Å². The Hall–Kier alpha value is -1.27. The molecule has 1 heterocycles. The van der Waals surface area contributed by atoms with E-state index in [0.717, 1.165) is 11.1 Å². The van der Waals surface area contributed by atoms with E-state index in [1.165, 1.54) is 12.1 Å². The summed E-state index contributed by atoms with van der Waals surface area (Å²) in [5.41, 5.74) is 1.74. The molecule has 2 nitrogen and oxygen atoms in total. The quantitative estimate of drug-likeness (QED) is 0.670. The van der Waals surface area contributed by atoms with Crippen LogP contribution in [0.15, 0.2) is 42.7 Å². The van der Waals surface area contributed by atoms with Gasteiger partial charge in [0.25, 0.3) is 0 Å². The highest BCUT2D eigenvalue weighted by atomic mass is 79.9. The number of hydrogen-bond donors (Lipinski definition) is 0. The third-order valence-corrected chi connectivity index (χ3v) is 3.92. The molecule has 0 aliphatic carbocycles. The number of halogens is 5. The van der Waals surface area contributed by atoms with Crippen LogP contribution in [0.1, 0.15) is 16.0 Å². The predicted molar refractivity (Wildman–Crippen MR) is 77.7 cm³/mol. The monoisotopic (exact) mass is 379 g/mol. The van der Waals surface area contributed by atoms with Crippen LogP contribution in [-0.4, -0.2) is 11.3 Å². The van der Waals surface area contributed by atoms with Gasteiger partial charge >= 0.3 is 6.36 Å². The van der Waals surface area contributed by atoms with Crippen LogP contribution < -0.4 is 4.74 Å². The third kappa shape index (κ3) is 4.89. The lowest BCUT2D eigenvalue weighted by atomic mass is 10.1. The van der Waals surface area contributed by atoms with Crippen LogP contribution in [0.25, 0.3) is 0 Å². The summed E-state index contributed by atoms with van der Waals surface area (Å²) in [4.78, 5) is 3.83. The van der Waals surface area contributed by atoms with Crippen molar-refractivity contribution in [3.63, 3.8) is 0 Å². The molecule has 0 aliphatic heterocycles. The minimum atomic E-state index is -4.68. The number of pyridine rings is 1. The number of rotatable bonds is 4. The second-order valence-corrected chi connectivity index (χ2v) is 5.77. The predicted octanol–water partition coefficient (Wildman–Crippen LogP) is 5.31. The fourth-order valence-electron chi connectivity index (χ4n) is 1.76. The van der Waals surface area contributed by atoms with Crippen molar-refractivity contribution in [2.75, 3.05) is 0 Å². The first-order chi connectivity index (χ1) is 9.85. The summed E-state index contributed by atoms with van der Waals surface area (Å²) in [6.45, 7) is 0. The Morgan fingerprint density at radius 2 is 1.86 bits per heavy atom. The molecule has 2 aromatic rings. The summed E-state index contributed by atoms with van der Waals surface area (Å²) in [5, 5.41) is 0.555. The Labute approximate surface area is 133 Å². The molecule has 1 atom stereocenters. The van der Waals surface area contributed by atoms with Gasteiger partial charge in [-0.1, -0.05) is 39.7 Å². The van der Waals surface area contributed by atoms with Crippen molar-refractivity contribution in [2.45, 2.75) is 17.6 Å². The number of ether oxygens (including phenoxy) is 1. The fraction of sp³-hybridized carbons (Fsp3) is 0.214. The molecule has 0 amide bonds. The molecule has 7 heteroatoms. The summed E-state index contributed by atoms with van der Waals surface area (Å²) in [6.07, 6.45) is -0.890. The molecule has 0 saturated heterocycles. The Kier molecular flexibility index (Phi) is 5.11. The Morgan fingerprint density at radius 1 is 1.19 bits per heavy atom. The lowest BCUT2D eigenvalue weighted by Crippen LogP contribution is -2.17. The highest BCUT2D eigenvalue weighted by Gasteiger charge is 2.31. The number of hydrogen-bond acceptors (Lipinski definition) is 2. The minimum Gasteiger partial charge on any atom is -0.406 e. The van der Waals surface area contributed by atoms with Gasteiger partial charge in [0.1, 0.15) is 5.75 Å². The van der Waals surface area contributed by atoms with Crippen LogP contribution in [0.5, 0.6) is 5.75 Å². The molecule has 1 aromatic heterocycles. The maximum Gasteiger partial charge on any atom is 0.573 e. The van der Waals surface area contributed by atoms with E-state index in [1.54, 1.807) is 30.6 Å². The van der Waals surface area contributed by atoms with Crippen molar-refractivity contribution in [1.82, 2.24) is 4.98 Å². The molecule has 112 valence electrons. The Bertz CT molecular complexity index is 604. The van der Waals surface area contributed by atoms with Crippen molar-refractivity contribution >= 4 is 27.5 Å². The summed E-state index contributed by atoms with van der Waals surface area (Å²) in [5.74, 6) is -0.243. The zero-order valence-corrected chi connectivity index (χ0v) is 12.9. The van der Waals surface area contributed by atoms with Gasteiger partial charge in [-0.25, -0.2) is 0 Å². The average Bonchev–Trinajstić information content (AvgIpc) is 2.40. The third-order valence-electron chi connectivity index (χ3n) is 2.73. The standard InChI is InChI=1S/C14H10BrClF3NO/c15-12(7-10-5-6-20-8-13(10)16)9-1-3-11(4-2-9)21-14(17,18)19/h1-6,8,12H,7H2. The highest BCUT2D eigenvalue weighted by molar-refractivity contribution is 9.09. The van der Waals surface area contributed by atoms with E-state index < -0.39 is 6.36 Å². The Morgan fingerprint density at radius 3 is 2.43 bits per heavy atom. The molecule has 0 aliphatic rings. The fourth-order valence-corrected chi connectivity index (χ4v) is 2.61. The van der Waals surface area contributed by atoms with E-state index in [9.17, 15) is 13.2 Å². The minimum absolute atomic E-state index is 0.0719. The van der Waals surface area contributed by atoms with Crippen LogP contribution in [0.2, 0.25) is 5.02 Å². The topological polar surface area (TPSA) is 22.1 Å². The number of alkyl halides is 4. The van der Waals surface area contributed by atoms with Crippen molar-refractivity contribution in [2.24, 2.45) is 0 Å². The molecular weight excluding hydrogens is 371 g/mol. The Balaban J connectivity index is 2.06. The lowest BCUT2D eigenvalue weighted by molar-refractivity contribution is -0.274. The van der Waals surface area contributed by atoms with Gasteiger partial charge in [0, 0.05) is 17.2 Å². The van der Waals surface area contributed by atoms with E-state index in [4.69, 9.17) is 11.6 Å².